The predicted octanol–water partition coefficient (Wildman–Crippen LogP) is 2.64. The van der Waals surface area contributed by atoms with E-state index < -0.39 is 28.0 Å². The van der Waals surface area contributed by atoms with Gasteiger partial charge >= 0.3 is 5.97 Å². The molecule has 2 aliphatic rings. The number of hydrogen-bond donors (Lipinski definition) is 1. The molecule has 0 saturated carbocycles. The number of rotatable bonds is 6. The van der Waals surface area contributed by atoms with Crippen molar-refractivity contribution in [1.29, 1.82) is 0 Å². The van der Waals surface area contributed by atoms with Crippen molar-refractivity contribution < 1.29 is 23.1 Å². The molecule has 0 bridgehead atoms. The van der Waals surface area contributed by atoms with E-state index in [9.17, 15) is 18.3 Å². The van der Waals surface area contributed by atoms with Gasteiger partial charge in [0, 0.05) is 34.3 Å². The van der Waals surface area contributed by atoms with Crippen LogP contribution in [0.3, 0.4) is 0 Å². The first-order valence-corrected chi connectivity index (χ1v) is 11.8. The van der Waals surface area contributed by atoms with Gasteiger partial charge < -0.3 is 9.84 Å². The molecule has 0 amide bonds. The fourth-order valence-electron chi connectivity index (χ4n) is 4.31. The molecule has 9 heteroatoms. The first-order chi connectivity index (χ1) is 14.7. The van der Waals surface area contributed by atoms with Crippen molar-refractivity contribution in [2.45, 2.75) is 36.6 Å². The quantitative estimate of drug-likeness (QED) is 0.659. The summed E-state index contributed by atoms with van der Waals surface area (Å²) in [5, 5.41) is 12.1. The highest BCUT2D eigenvalue weighted by Crippen LogP contribution is 2.43. The van der Waals surface area contributed by atoms with Crippen LogP contribution in [-0.4, -0.2) is 60.7 Å². The molecule has 31 heavy (non-hydrogen) atoms. The number of pyridine rings is 1. The van der Waals surface area contributed by atoms with Crippen molar-refractivity contribution in [2.75, 3.05) is 13.2 Å². The van der Waals surface area contributed by atoms with E-state index in [0.29, 0.717) is 24.1 Å². The second-order valence-corrected chi connectivity index (χ2v) is 10.3. The monoisotopic (exact) mass is 462 g/mol. The average Bonchev–Trinajstić information content (AvgIpc) is 2.96. The van der Waals surface area contributed by atoms with E-state index in [4.69, 9.17) is 16.3 Å². The molecular formula is C22H23ClN2O5S. The molecule has 2 fully saturated rings. The number of fused-ring (bicyclic) bond motifs is 2. The number of carbonyl (C=O) groups excluding carboxylic acids is 1. The molecule has 2 aromatic rings. The van der Waals surface area contributed by atoms with Crippen molar-refractivity contribution in [3.63, 3.8) is 0 Å². The van der Waals surface area contributed by atoms with Crippen LogP contribution in [0.1, 0.15) is 13.3 Å². The maximum absolute atomic E-state index is 13.1. The van der Waals surface area contributed by atoms with E-state index in [0.717, 1.165) is 10.8 Å². The second kappa shape index (κ2) is 8.35. The number of carbonyl (C=O) groups is 1. The predicted molar refractivity (Wildman–Crippen MR) is 117 cm³/mol. The van der Waals surface area contributed by atoms with Crippen LogP contribution in [0.5, 0.6) is 0 Å². The summed E-state index contributed by atoms with van der Waals surface area (Å²) in [6, 6.07) is 9.45. The summed E-state index contributed by atoms with van der Waals surface area (Å²) in [5.41, 5.74) is 0.997. The summed E-state index contributed by atoms with van der Waals surface area (Å²) in [6.07, 6.45) is -0.206. The second-order valence-electron chi connectivity index (χ2n) is 7.98. The normalized spacial score (nSPS) is 25.8. The van der Waals surface area contributed by atoms with Crippen molar-refractivity contribution in [3.8, 4) is 0 Å². The van der Waals surface area contributed by atoms with Crippen LogP contribution in [0, 0.1) is 5.92 Å². The minimum atomic E-state index is -3.90. The third-order valence-corrected chi connectivity index (χ3v) is 7.39. The number of ether oxygens (including phenoxy) is 1. The molecular weight excluding hydrogens is 440 g/mol. The fourth-order valence-corrected chi connectivity index (χ4v) is 5.59. The lowest BCUT2D eigenvalue weighted by atomic mass is 9.85. The Hall–Kier alpha value is -2.26. The minimum Gasteiger partial charge on any atom is -0.458 e. The smallest absolute Gasteiger partial charge is 0.328 e. The zero-order valence-corrected chi connectivity index (χ0v) is 18.5. The lowest BCUT2D eigenvalue weighted by Gasteiger charge is -2.46. The Labute approximate surface area is 185 Å². The highest BCUT2D eigenvalue weighted by molar-refractivity contribution is 7.94. The molecule has 1 aromatic heterocycles. The van der Waals surface area contributed by atoms with Crippen molar-refractivity contribution in [1.82, 2.24) is 9.88 Å². The van der Waals surface area contributed by atoms with Crippen LogP contribution >= 0.6 is 11.6 Å². The van der Waals surface area contributed by atoms with Crippen LogP contribution in [0.25, 0.3) is 10.9 Å². The molecule has 2 saturated heterocycles. The molecule has 1 aromatic carbocycles. The van der Waals surface area contributed by atoms with E-state index in [1.54, 1.807) is 25.1 Å². The van der Waals surface area contributed by atoms with Gasteiger partial charge in [0.05, 0.1) is 11.6 Å². The summed E-state index contributed by atoms with van der Waals surface area (Å²) in [7, 11) is -3.90. The van der Waals surface area contributed by atoms with Gasteiger partial charge in [0.1, 0.15) is 12.6 Å². The van der Waals surface area contributed by atoms with Crippen molar-refractivity contribution in [2.24, 2.45) is 5.92 Å². The molecule has 1 unspecified atom stereocenters. The molecule has 7 nitrogen and oxygen atoms in total. The van der Waals surface area contributed by atoms with Gasteiger partial charge in [-0.3, -0.25) is 4.90 Å². The average molecular weight is 463 g/mol. The van der Waals surface area contributed by atoms with Gasteiger partial charge in [0.25, 0.3) is 0 Å². The van der Waals surface area contributed by atoms with Gasteiger partial charge in [-0.25, -0.2) is 18.2 Å². The number of aliphatic hydroxyl groups is 1. The van der Waals surface area contributed by atoms with Gasteiger partial charge in [-0.2, -0.15) is 0 Å². The van der Waals surface area contributed by atoms with Gasteiger partial charge in [-0.15, -0.1) is 0 Å². The molecule has 164 valence electrons. The molecule has 0 aliphatic carbocycles. The van der Waals surface area contributed by atoms with E-state index in [1.165, 1.54) is 6.07 Å². The first-order valence-electron chi connectivity index (χ1n) is 9.92. The molecule has 0 radical (unpaired) electrons. The molecule has 3 heterocycles. The first kappa shape index (κ1) is 22.0. The highest BCUT2D eigenvalue weighted by atomic mass is 35.5. The molecule has 1 N–H and O–H groups in total. The molecule has 2 aliphatic heterocycles. The maximum Gasteiger partial charge on any atom is 0.328 e. The van der Waals surface area contributed by atoms with Crippen LogP contribution in [0.15, 0.2) is 64.0 Å². The number of hydrogen-bond acceptors (Lipinski definition) is 7. The largest absolute Gasteiger partial charge is 0.458 e. The Balaban J connectivity index is 1.67. The number of benzene rings is 1. The zero-order valence-electron chi connectivity index (χ0n) is 16.9. The lowest BCUT2D eigenvalue weighted by Crippen LogP contribution is -2.60. The number of nitrogens with zero attached hydrogens (tertiary/aromatic N) is 2. The SMILES string of the molecule is C=C(Cl)COC(=O)C1C(=CS(=O)(=O)c2ccc3ccccc3n2)C[C@@H]2[C@H]([C@@H](C)O)CN12. The molecule has 4 atom stereocenters. The van der Waals surface area contributed by atoms with Crippen LogP contribution in [-0.2, 0) is 19.4 Å². The zero-order chi connectivity index (χ0) is 22.3. The Morgan fingerprint density at radius 2 is 2.13 bits per heavy atom. The molecule has 4 rings (SSSR count). The van der Waals surface area contributed by atoms with Crippen molar-refractivity contribution in [3.05, 3.63) is 59.0 Å². The fraction of sp³-hybridized carbons (Fsp3) is 0.364. The highest BCUT2D eigenvalue weighted by Gasteiger charge is 2.54. The number of aliphatic hydroxyl groups excluding tert-OH is 1. The topological polar surface area (TPSA) is 96.8 Å². The number of aromatic nitrogens is 1. The van der Waals surface area contributed by atoms with Crippen molar-refractivity contribution >= 4 is 38.3 Å². The van der Waals surface area contributed by atoms with Gasteiger partial charge in [0.2, 0.25) is 9.84 Å². The third-order valence-electron chi connectivity index (χ3n) is 5.85. The van der Waals surface area contributed by atoms with E-state index >= 15 is 0 Å². The van der Waals surface area contributed by atoms with Crippen LogP contribution in [0.2, 0.25) is 0 Å². The Morgan fingerprint density at radius 3 is 2.84 bits per heavy atom. The summed E-state index contributed by atoms with van der Waals surface area (Å²) in [6.45, 7) is 5.53. The number of sulfone groups is 1. The number of esters is 1. The number of halogens is 1. The Kier molecular flexibility index (Phi) is 5.91. The lowest BCUT2D eigenvalue weighted by molar-refractivity contribution is -0.152. The van der Waals surface area contributed by atoms with E-state index in [1.807, 2.05) is 17.0 Å². The Morgan fingerprint density at radius 1 is 1.39 bits per heavy atom. The Bertz CT molecular complexity index is 1180. The minimum absolute atomic E-state index is 0.0364. The van der Waals surface area contributed by atoms with E-state index in [2.05, 4.69) is 11.6 Å². The maximum atomic E-state index is 13.1. The van der Waals surface area contributed by atoms with E-state index in [-0.39, 0.29) is 28.6 Å². The van der Waals surface area contributed by atoms with Gasteiger partial charge in [-0.1, -0.05) is 36.4 Å². The summed E-state index contributed by atoms with van der Waals surface area (Å²) >= 11 is 5.71. The third kappa shape index (κ3) is 4.25. The summed E-state index contributed by atoms with van der Waals surface area (Å²) in [4.78, 5) is 18.9. The van der Waals surface area contributed by atoms with Gasteiger partial charge in [0.15, 0.2) is 5.03 Å². The number of para-hydroxylation sites is 1. The van der Waals surface area contributed by atoms with Crippen LogP contribution in [0.4, 0.5) is 0 Å². The summed E-state index contributed by atoms with van der Waals surface area (Å²) in [5.74, 6) is -0.619. The summed E-state index contributed by atoms with van der Waals surface area (Å²) < 4.78 is 31.5. The van der Waals surface area contributed by atoms with Crippen LogP contribution < -0.4 is 0 Å². The standard InChI is InChI=1S/C22H23ClN2O5S/c1-13(23)11-30-22(27)21-16(9-19-17(14(2)26)10-25(19)21)12-31(28,29)20-8-7-15-5-3-4-6-18(15)24-20/h3-8,12,14,17,19,21,26H,1,9-11H2,2H3/t14-,17+,19-,21?/m1/s1. The molecule has 0 spiro atoms. The van der Waals surface area contributed by atoms with Gasteiger partial charge in [-0.05, 0) is 37.1 Å².